The first-order valence-electron chi connectivity index (χ1n) is 7.97. The lowest BCUT2D eigenvalue weighted by molar-refractivity contribution is -0.121. The highest BCUT2D eigenvalue weighted by atomic mass is 16.1. The SMILES string of the molecule is Cc1nn(-c2ccnc3[nH]ccc23)cc1C1CCCCN1C=O. The van der Waals surface area contributed by atoms with Crippen molar-refractivity contribution in [3.63, 3.8) is 0 Å². The number of hydrogen-bond donors (Lipinski definition) is 1. The molecule has 0 bridgehead atoms. The van der Waals surface area contributed by atoms with Crippen molar-refractivity contribution in [2.24, 2.45) is 0 Å². The molecule has 0 saturated carbocycles. The first-order valence-corrected chi connectivity index (χ1v) is 7.97. The second-order valence-electron chi connectivity index (χ2n) is 6.04. The second kappa shape index (κ2) is 5.53. The van der Waals surface area contributed by atoms with E-state index in [-0.39, 0.29) is 6.04 Å². The van der Waals surface area contributed by atoms with Crippen LogP contribution in [0.3, 0.4) is 0 Å². The molecule has 4 rings (SSSR count). The number of nitrogens with one attached hydrogen (secondary N) is 1. The summed E-state index contributed by atoms with van der Waals surface area (Å²) >= 11 is 0. The summed E-state index contributed by atoms with van der Waals surface area (Å²) in [4.78, 5) is 20.7. The fraction of sp³-hybridized carbons (Fsp3) is 0.353. The van der Waals surface area contributed by atoms with Crippen LogP contribution in [0.5, 0.6) is 0 Å². The molecule has 1 aliphatic heterocycles. The fourth-order valence-electron chi connectivity index (χ4n) is 3.48. The number of H-pyrrole nitrogens is 1. The number of amides is 1. The molecule has 1 N–H and O–H groups in total. The van der Waals surface area contributed by atoms with Gasteiger partial charge in [-0.3, -0.25) is 4.79 Å². The van der Waals surface area contributed by atoms with E-state index in [0.717, 1.165) is 60.2 Å². The predicted molar refractivity (Wildman–Crippen MR) is 87.3 cm³/mol. The Labute approximate surface area is 134 Å². The van der Waals surface area contributed by atoms with E-state index in [9.17, 15) is 4.79 Å². The van der Waals surface area contributed by atoms with Crippen molar-refractivity contribution >= 4 is 17.4 Å². The number of hydrogen-bond acceptors (Lipinski definition) is 3. The number of piperidine rings is 1. The number of nitrogens with zero attached hydrogens (tertiary/aromatic N) is 4. The molecule has 4 heterocycles. The first kappa shape index (κ1) is 14.0. The lowest BCUT2D eigenvalue weighted by Gasteiger charge is -2.32. The van der Waals surface area contributed by atoms with Gasteiger partial charge in [-0.1, -0.05) is 0 Å². The fourth-order valence-corrected chi connectivity index (χ4v) is 3.48. The smallest absolute Gasteiger partial charge is 0.210 e. The average molecular weight is 309 g/mol. The minimum Gasteiger partial charge on any atom is -0.346 e. The number of carbonyl (C=O) groups excluding carboxylic acids is 1. The molecular weight excluding hydrogens is 290 g/mol. The molecule has 1 fully saturated rings. The highest BCUT2D eigenvalue weighted by molar-refractivity contribution is 5.84. The molecule has 118 valence electrons. The molecule has 1 unspecified atom stereocenters. The zero-order valence-corrected chi connectivity index (χ0v) is 13.1. The van der Waals surface area contributed by atoms with Crippen LogP contribution < -0.4 is 0 Å². The molecule has 6 heteroatoms. The quantitative estimate of drug-likeness (QED) is 0.756. The minimum absolute atomic E-state index is 0.138. The van der Waals surface area contributed by atoms with Crippen molar-refractivity contribution in [3.8, 4) is 5.69 Å². The van der Waals surface area contributed by atoms with Crippen LogP contribution >= 0.6 is 0 Å². The summed E-state index contributed by atoms with van der Waals surface area (Å²) in [5.74, 6) is 0. The number of pyridine rings is 1. The van der Waals surface area contributed by atoms with E-state index in [2.05, 4.69) is 21.3 Å². The molecule has 6 nitrogen and oxygen atoms in total. The van der Waals surface area contributed by atoms with Gasteiger partial charge >= 0.3 is 0 Å². The summed E-state index contributed by atoms with van der Waals surface area (Å²) in [6.45, 7) is 2.84. The Bertz CT molecular complexity index is 850. The van der Waals surface area contributed by atoms with Crippen molar-refractivity contribution in [2.75, 3.05) is 6.54 Å². The third kappa shape index (κ3) is 2.30. The Kier molecular flexibility index (Phi) is 3.37. The molecular formula is C17H19N5O. The number of carbonyl (C=O) groups is 1. The number of rotatable bonds is 3. The summed E-state index contributed by atoms with van der Waals surface area (Å²) < 4.78 is 1.90. The Hall–Kier alpha value is -2.63. The molecule has 0 radical (unpaired) electrons. The van der Waals surface area contributed by atoms with E-state index in [1.54, 1.807) is 6.20 Å². The van der Waals surface area contributed by atoms with Crippen LogP contribution in [-0.2, 0) is 4.79 Å². The maximum Gasteiger partial charge on any atom is 0.210 e. The molecule has 3 aromatic heterocycles. The van der Waals surface area contributed by atoms with Crippen molar-refractivity contribution < 1.29 is 4.79 Å². The third-order valence-corrected chi connectivity index (χ3v) is 4.66. The van der Waals surface area contributed by atoms with Gasteiger partial charge in [0.15, 0.2) is 0 Å². The summed E-state index contributed by atoms with van der Waals surface area (Å²) in [7, 11) is 0. The van der Waals surface area contributed by atoms with Gasteiger partial charge in [-0.05, 0) is 38.3 Å². The van der Waals surface area contributed by atoms with Gasteiger partial charge in [-0.15, -0.1) is 0 Å². The predicted octanol–water partition coefficient (Wildman–Crippen LogP) is 2.74. The van der Waals surface area contributed by atoms with E-state index < -0.39 is 0 Å². The number of likely N-dealkylation sites (tertiary alicyclic amines) is 1. The van der Waals surface area contributed by atoms with Crippen LogP contribution in [0, 0.1) is 6.92 Å². The van der Waals surface area contributed by atoms with Crippen LogP contribution in [0.4, 0.5) is 0 Å². The molecule has 1 atom stereocenters. The van der Waals surface area contributed by atoms with Gasteiger partial charge in [0.05, 0.1) is 17.4 Å². The van der Waals surface area contributed by atoms with Crippen molar-refractivity contribution in [1.82, 2.24) is 24.6 Å². The second-order valence-corrected chi connectivity index (χ2v) is 6.04. The molecule has 3 aromatic rings. The van der Waals surface area contributed by atoms with Gasteiger partial charge in [0.1, 0.15) is 5.65 Å². The summed E-state index contributed by atoms with van der Waals surface area (Å²) in [5.41, 5.74) is 3.96. The maximum atomic E-state index is 11.4. The number of aromatic nitrogens is 4. The summed E-state index contributed by atoms with van der Waals surface area (Å²) in [6, 6.07) is 4.11. The van der Waals surface area contributed by atoms with E-state index in [1.165, 1.54) is 0 Å². The van der Waals surface area contributed by atoms with Crippen LogP contribution in [0.1, 0.15) is 36.6 Å². The molecule has 1 aliphatic rings. The normalized spacial score (nSPS) is 18.5. The van der Waals surface area contributed by atoms with E-state index in [4.69, 9.17) is 0 Å². The zero-order valence-electron chi connectivity index (χ0n) is 13.1. The van der Waals surface area contributed by atoms with Gasteiger partial charge in [0, 0.05) is 36.1 Å². The van der Waals surface area contributed by atoms with Crippen LogP contribution in [0.25, 0.3) is 16.7 Å². The lowest BCUT2D eigenvalue weighted by Crippen LogP contribution is -2.32. The molecule has 0 aliphatic carbocycles. The van der Waals surface area contributed by atoms with Gasteiger partial charge in [0.25, 0.3) is 0 Å². The maximum absolute atomic E-state index is 11.4. The minimum atomic E-state index is 0.138. The largest absolute Gasteiger partial charge is 0.346 e. The van der Waals surface area contributed by atoms with Crippen molar-refractivity contribution in [3.05, 3.63) is 42.0 Å². The van der Waals surface area contributed by atoms with Gasteiger partial charge in [-0.2, -0.15) is 5.10 Å². The highest BCUT2D eigenvalue weighted by Gasteiger charge is 2.26. The first-order chi connectivity index (χ1) is 11.3. The Balaban J connectivity index is 1.78. The van der Waals surface area contributed by atoms with Gasteiger partial charge in [-0.25, -0.2) is 9.67 Å². The molecule has 0 spiro atoms. The molecule has 1 saturated heterocycles. The van der Waals surface area contributed by atoms with Crippen LogP contribution in [0.15, 0.2) is 30.7 Å². The average Bonchev–Trinajstić information content (AvgIpc) is 3.21. The monoisotopic (exact) mass is 309 g/mol. The van der Waals surface area contributed by atoms with E-state index >= 15 is 0 Å². The zero-order chi connectivity index (χ0) is 15.8. The highest BCUT2D eigenvalue weighted by Crippen LogP contribution is 2.32. The van der Waals surface area contributed by atoms with E-state index in [1.807, 2.05) is 34.8 Å². The standard InChI is InChI=1S/C17H19N5O/c1-12-14(15-4-2-3-9-21(15)11-23)10-22(20-12)16-6-8-19-17-13(16)5-7-18-17/h5-8,10-11,15H,2-4,9H2,1H3,(H,18,19). The number of aromatic amines is 1. The third-order valence-electron chi connectivity index (χ3n) is 4.66. The lowest BCUT2D eigenvalue weighted by atomic mass is 9.96. The summed E-state index contributed by atoms with van der Waals surface area (Å²) in [6.07, 6.45) is 9.92. The topological polar surface area (TPSA) is 66.8 Å². The molecule has 23 heavy (non-hydrogen) atoms. The van der Waals surface area contributed by atoms with Crippen LogP contribution in [-0.4, -0.2) is 37.6 Å². The van der Waals surface area contributed by atoms with Crippen molar-refractivity contribution in [1.29, 1.82) is 0 Å². The Morgan fingerprint density at radius 3 is 3.13 bits per heavy atom. The number of fused-ring (bicyclic) bond motifs is 1. The van der Waals surface area contributed by atoms with Crippen LogP contribution in [0.2, 0.25) is 0 Å². The summed E-state index contributed by atoms with van der Waals surface area (Å²) in [5, 5.41) is 5.73. The molecule has 0 aromatic carbocycles. The van der Waals surface area contributed by atoms with Gasteiger partial charge in [0.2, 0.25) is 6.41 Å². The van der Waals surface area contributed by atoms with Gasteiger partial charge < -0.3 is 9.88 Å². The Morgan fingerprint density at radius 1 is 1.35 bits per heavy atom. The van der Waals surface area contributed by atoms with E-state index in [0.29, 0.717) is 0 Å². The molecule has 1 amide bonds. The van der Waals surface area contributed by atoms with Crippen molar-refractivity contribution in [2.45, 2.75) is 32.2 Å². The number of aryl methyl sites for hydroxylation is 1. The Morgan fingerprint density at radius 2 is 2.26 bits per heavy atom.